The SMILES string of the molecule is COc1nc2ccccc2n1C(=O)N(C(C)C)C(C)C. The van der Waals surface area contributed by atoms with Gasteiger partial charge in [-0.1, -0.05) is 12.1 Å². The minimum atomic E-state index is -0.111. The van der Waals surface area contributed by atoms with Crippen molar-refractivity contribution in [2.45, 2.75) is 39.8 Å². The van der Waals surface area contributed by atoms with Crippen molar-refractivity contribution in [3.8, 4) is 6.01 Å². The molecule has 20 heavy (non-hydrogen) atoms. The van der Waals surface area contributed by atoms with Crippen LogP contribution in [0.4, 0.5) is 4.79 Å². The largest absolute Gasteiger partial charge is 0.468 e. The number of carbonyl (C=O) groups is 1. The molecule has 0 bridgehead atoms. The van der Waals surface area contributed by atoms with Crippen molar-refractivity contribution in [2.75, 3.05) is 7.11 Å². The number of hydrogen-bond acceptors (Lipinski definition) is 3. The van der Waals surface area contributed by atoms with Crippen molar-refractivity contribution in [3.63, 3.8) is 0 Å². The lowest BCUT2D eigenvalue weighted by Gasteiger charge is -2.31. The Hall–Kier alpha value is -2.04. The Kier molecular flexibility index (Phi) is 3.97. The molecule has 0 atom stereocenters. The number of hydrogen-bond donors (Lipinski definition) is 0. The number of nitrogens with zero attached hydrogens (tertiary/aromatic N) is 3. The topological polar surface area (TPSA) is 47.4 Å². The summed E-state index contributed by atoms with van der Waals surface area (Å²) in [6.07, 6.45) is 0. The summed E-state index contributed by atoms with van der Waals surface area (Å²) in [5, 5.41) is 0. The highest BCUT2D eigenvalue weighted by Gasteiger charge is 2.26. The number of amides is 1. The molecule has 5 nitrogen and oxygen atoms in total. The standard InChI is InChI=1S/C15H21N3O2/c1-10(2)17(11(3)4)15(19)18-13-9-7-6-8-12(13)16-14(18)20-5/h6-11H,1-5H3. The molecule has 0 fully saturated rings. The van der Waals surface area contributed by atoms with Crippen LogP contribution in [0.1, 0.15) is 27.7 Å². The van der Waals surface area contributed by atoms with Gasteiger partial charge in [-0.3, -0.25) is 0 Å². The summed E-state index contributed by atoms with van der Waals surface area (Å²) in [7, 11) is 1.53. The van der Waals surface area contributed by atoms with Crippen LogP contribution in [0.2, 0.25) is 0 Å². The number of imidazole rings is 1. The normalized spacial score (nSPS) is 11.3. The molecule has 0 aliphatic rings. The predicted molar refractivity (Wildman–Crippen MR) is 79.2 cm³/mol. The molecule has 1 heterocycles. The van der Waals surface area contributed by atoms with Crippen LogP contribution in [0.3, 0.4) is 0 Å². The number of aromatic nitrogens is 2. The lowest BCUT2D eigenvalue weighted by molar-refractivity contribution is 0.164. The van der Waals surface area contributed by atoms with Gasteiger partial charge in [0.1, 0.15) is 0 Å². The van der Waals surface area contributed by atoms with E-state index in [0.29, 0.717) is 6.01 Å². The maximum atomic E-state index is 12.9. The summed E-state index contributed by atoms with van der Waals surface area (Å²) >= 11 is 0. The smallest absolute Gasteiger partial charge is 0.333 e. The lowest BCUT2D eigenvalue weighted by Crippen LogP contribution is -2.44. The minimum absolute atomic E-state index is 0.105. The van der Waals surface area contributed by atoms with Crippen molar-refractivity contribution in [1.82, 2.24) is 14.5 Å². The molecule has 0 aliphatic heterocycles. The Balaban J connectivity index is 2.58. The first kappa shape index (κ1) is 14.4. The Bertz CT molecular complexity index is 609. The lowest BCUT2D eigenvalue weighted by atomic mass is 10.2. The summed E-state index contributed by atoms with van der Waals surface area (Å²) in [5.41, 5.74) is 1.52. The highest BCUT2D eigenvalue weighted by molar-refractivity contribution is 5.91. The van der Waals surface area contributed by atoms with Crippen LogP contribution < -0.4 is 4.74 Å². The van der Waals surface area contributed by atoms with Crippen LogP contribution in [0.25, 0.3) is 11.0 Å². The fraction of sp³-hybridized carbons (Fsp3) is 0.467. The fourth-order valence-corrected chi connectivity index (χ4v) is 2.48. The summed E-state index contributed by atoms with van der Waals surface area (Å²) in [4.78, 5) is 19.0. The maximum Gasteiger partial charge on any atom is 0.333 e. The second-order valence-electron chi connectivity index (χ2n) is 5.30. The quantitative estimate of drug-likeness (QED) is 0.864. The van der Waals surface area contributed by atoms with E-state index < -0.39 is 0 Å². The summed E-state index contributed by atoms with van der Waals surface area (Å²) in [5.74, 6) is 0. The molecular formula is C15H21N3O2. The first-order chi connectivity index (χ1) is 9.47. The molecule has 108 valence electrons. The Labute approximate surface area is 119 Å². The minimum Gasteiger partial charge on any atom is -0.468 e. The zero-order chi connectivity index (χ0) is 14.9. The van der Waals surface area contributed by atoms with Gasteiger partial charge in [-0.15, -0.1) is 0 Å². The van der Waals surface area contributed by atoms with E-state index in [1.807, 2.05) is 56.9 Å². The van der Waals surface area contributed by atoms with Gasteiger partial charge in [-0.2, -0.15) is 4.98 Å². The zero-order valence-electron chi connectivity index (χ0n) is 12.6. The highest BCUT2D eigenvalue weighted by Crippen LogP contribution is 2.23. The third-order valence-electron chi connectivity index (χ3n) is 3.24. The first-order valence-corrected chi connectivity index (χ1v) is 6.81. The van der Waals surface area contributed by atoms with Crippen molar-refractivity contribution in [1.29, 1.82) is 0 Å². The van der Waals surface area contributed by atoms with E-state index in [1.165, 1.54) is 11.7 Å². The number of rotatable bonds is 3. The van der Waals surface area contributed by atoms with E-state index >= 15 is 0 Å². The molecule has 0 aliphatic carbocycles. The van der Waals surface area contributed by atoms with Gasteiger partial charge in [0.15, 0.2) is 0 Å². The van der Waals surface area contributed by atoms with Gasteiger partial charge in [0, 0.05) is 12.1 Å². The number of methoxy groups -OCH3 is 1. The van der Waals surface area contributed by atoms with Gasteiger partial charge in [0.05, 0.1) is 18.1 Å². The summed E-state index contributed by atoms with van der Waals surface area (Å²) in [6, 6.07) is 7.96. The Morgan fingerprint density at radius 3 is 2.35 bits per heavy atom. The van der Waals surface area contributed by atoms with Crippen LogP contribution in [-0.4, -0.2) is 39.7 Å². The molecule has 0 radical (unpaired) electrons. The van der Waals surface area contributed by atoms with Gasteiger partial charge in [-0.25, -0.2) is 9.36 Å². The Morgan fingerprint density at radius 2 is 1.80 bits per heavy atom. The fourth-order valence-electron chi connectivity index (χ4n) is 2.48. The van der Waals surface area contributed by atoms with E-state index in [9.17, 15) is 4.79 Å². The van der Waals surface area contributed by atoms with Gasteiger partial charge >= 0.3 is 12.0 Å². The molecule has 0 spiro atoms. The zero-order valence-corrected chi connectivity index (χ0v) is 12.6. The number of ether oxygens (including phenoxy) is 1. The Morgan fingerprint density at radius 1 is 1.20 bits per heavy atom. The van der Waals surface area contributed by atoms with Gasteiger partial charge < -0.3 is 9.64 Å². The van der Waals surface area contributed by atoms with E-state index in [1.54, 1.807) is 0 Å². The monoisotopic (exact) mass is 275 g/mol. The molecule has 0 N–H and O–H groups in total. The molecular weight excluding hydrogens is 254 g/mol. The number of fused-ring (bicyclic) bond motifs is 1. The van der Waals surface area contributed by atoms with E-state index in [2.05, 4.69) is 4.98 Å². The van der Waals surface area contributed by atoms with Gasteiger partial charge in [-0.05, 0) is 39.8 Å². The molecule has 0 saturated heterocycles. The second kappa shape index (κ2) is 5.53. The number of para-hydroxylation sites is 2. The second-order valence-corrected chi connectivity index (χ2v) is 5.30. The van der Waals surface area contributed by atoms with E-state index in [0.717, 1.165) is 11.0 Å². The molecule has 0 saturated carbocycles. The molecule has 2 aromatic rings. The average Bonchev–Trinajstić information content (AvgIpc) is 2.75. The summed E-state index contributed by atoms with van der Waals surface area (Å²) < 4.78 is 6.80. The average molecular weight is 275 g/mol. The molecule has 2 rings (SSSR count). The molecule has 1 amide bonds. The first-order valence-electron chi connectivity index (χ1n) is 6.81. The third kappa shape index (κ3) is 2.35. The van der Waals surface area contributed by atoms with Crippen molar-refractivity contribution < 1.29 is 9.53 Å². The molecule has 1 aromatic heterocycles. The number of benzene rings is 1. The van der Waals surface area contributed by atoms with Gasteiger partial charge in [0.25, 0.3) is 0 Å². The van der Waals surface area contributed by atoms with Crippen molar-refractivity contribution in [2.24, 2.45) is 0 Å². The van der Waals surface area contributed by atoms with Crippen molar-refractivity contribution in [3.05, 3.63) is 24.3 Å². The van der Waals surface area contributed by atoms with Crippen LogP contribution in [0.15, 0.2) is 24.3 Å². The third-order valence-corrected chi connectivity index (χ3v) is 3.24. The molecule has 0 unspecified atom stereocenters. The molecule has 5 heteroatoms. The maximum absolute atomic E-state index is 12.9. The van der Waals surface area contributed by atoms with E-state index in [-0.39, 0.29) is 18.1 Å². The number of carbonyl (C=O) groups excluding carboxylic acids is 1. The molecule has 1 aromatic carbocycles. The van der Waals surface area contributed by atoms with Gasteiger partial charge in [0.2, 0.25) is 0 Å². The summed E-state index contributed by atoms with van der Waals surface area (Å²) in [6.45, 7) is 8.01. The highest BCUT2D eigenvalue weighted by atomic mass is 16.5. The predicted octanol–water partition coefficient (Wildman–Crippen LogP) is 3.13. The van der Waals surface area contributed by atoms with Crippen LogP contribution >= 0.6 is 0 Å². The van der Waals surface area contributed by atoms with Crippen LogP contribution in [0.5, 0.6) is 6.01 Å². The van der Waals surface area contributed by atoms with E-state index in [4.69, 9.17) is 4.74 Å². The van der Waals surface area contributed by atoms with Crippen LogP contribution in [0, 0.1) is 0 Å². The van der Waals surface area contributed by atoms with Crippen molar-refractivity contribution >= 4 is 17.1 Å². The van der Waals surface area contributed by atoms with Crippen LogP contribution in [-0.2, 0) is 0 Å².